The third-order valence-electron chi connectivity index (χ3n) is 5.37. The van der Waals surface area contributed by atoms with Crippen molar-refractivity contribution >= 4 is 21.9 Å². The smallest absolute Gasteiger partial charge is 0.347 e. The number of benzene rings is 1. The first-order valence-electron chi connectivity index (χ1n) is 10.5. The molecular weight excluding hydrogens is 461 g/mol. The van der Waals surface area contributed by atoms with Crippen LogP contribution >= 0.6 is 0 Å². The Labute approximate surface area is 190 Å². The van der Waals surface area contributed by atoms with Crippen LogP contribution in [0.5, 0.6) is 0 Å². The van der Waals surface area contributed by atoms with Gasteiger partial charge in [-0.2, -0.15) is 13.2 Å². The van der Waals surface area contributed by atoms with Crippen LogP contribution in [-0.2, 0) is 30.3 Å². The van der Waals surface area contributed by atoms with Crippen LogP contribution in [0.1, 0.15) is 44.9 Å². The van der Waals surface area contributed by atoms with Gasteiger partial charge in [-0.1, -0.05) is 20.8 Å². The first-order chi connectivity index (χ1) is 15.3. The number of fused-ring (bicyclic) bond motifs is 1. The monoisotopic (exact) mass is 485 g/mol. The SMILES string of the molecule is CC(C)(C)Cn1cc(CNS(=O)C2CC2)c2cc(F)c(-c3c(F)ccnc3C(F)(F)F)cc21. The van der Waals surface area contributed by atoms with E-state index in [2.05, 4.69) is 9.71 Å². The van der Waals surface area contributed by atoms with Gasteiger partial charge in [-0.3, -0.25) is 4.98 Å². The van der Waals surface area contributed by atoms with Crippen LogP contribution < -0.4 is 4.72 Å². The number of alkyl halides is 3. The molecule has 0 spiro atoms. The lowest BCUT2D eigenvalue weighted by Gasteiger charge is -2.20. The molecule has 1 aliphatic carbocycles. The molecule has 4 nitrogen and oxygen atoms in total. The molecule has 2 heterocycles. The summed E-state index contributed by atoms with van der Waals surface area (Å²) in [6, 6.07) is 3.14. The maximum absolute atomic E-state index is 15.2. The van der Waals surface area contributed by atoms with Crippen LogP contribution in [0, 0.1) is 17.0 Å². The Morgan fingerprint density at radius 2 is 1.85 bits per heavy atom. The molecule has 1 atom stereocenters. The molecule has 3 aromatic rings. The number of hydrogen-bond acceptors (Lipinski definition) is 2. The molecular formula is C23H24F5N3OS. The molecule has 1 fully saturated rings. The lowest BCUT2D eigenvalue weighted by Crippen LogP contribution is -2.19. The van der Waals surface area contributed by atoms with Crippen LogP contribution in [0.4, 0.5) is 22.0 Å². The molecule has 1 aliphatic rings. The van der Waals surface area contributed by atoms with E-state index in [1.54, 1.807) is 6.20 Å². The molecule has 1 saturated carbocycles. The van der Waals surface area contributed by atoms with E-state index < -0.39 is 45.6 Å². The predicted molar refractivity (Wildman–Crippen MR) is 118 cm³/mol. The Morgan fingerprint density at radius 1 is 1.15 bits per heavy atom. The van der Waals surface area contributed by atoms with Crippen LogP contribution in [-0.4, -0.2) is 19.0 Å². The fourth-order valence-corrected chi connectivity index (χ4v) is 4.91. The zero-order valence-corrected chi connectivity index (χ0v) is 19.2. The van der Waals surface area contributed by atoms with E-state index in [0.717, 1.165) is 25.0 Å². The summed E-state index contributed by atoms with van der Waals surface area (Å²) in [6.45, 7) is 6.68. The van der Waals surface area contributed by atoms with Crippen LogP contribution in [0.25, 0.3) is 22.0 Å². The van der Waals surface area contributed by atoms with E-state index in [9.17, 15) is 21.8 Å². The molecule has 4 rings (SSSR count). The van der Waals surface area contributed by atoms with Crippen molar-refractivity contribution in [3.8, 4) is 11.1 Å². The van der Waals surface area contributed by atoms with Crippen molar-refractivity contribution in [3.63, 3.8) is 0 Å². The van der Waals surface area contributed by atoms with Crippen LogP contribution in [0.15, 0.2) is 30.6 Å². The lowest BCUT2D eigenvalue weighted by molar-refractivity contribution is -0.140. The molecule has 178 valence electrons. The maximum Gasteiger partial charge on any atom is 0.434 e. The van der Waals surface area contributed by atoms with Gasteiger partial charge in [-0.15, -0.1) is 0 Å². The average molecular weight is 486 g/mol. The summed E-state index contributed by atoms with van der Waals surface area (Å²) >= 11 is 0. The van der Waals surface area contributed by atoms with Gasteiger partial charge in [0.2, 0.25) is 0 Å². The van der Waals surface area contributed by atoms with Crippen molar-refractivity contribution in [3.05, 3.63) is 53.5 Å². The molecule has 33 heavy (non-hydrogen) atoms. The minimum absolute atomic E-state index is 0.116. The number of aromatic nitrogens is 2. The highest BCUT2D eigenvalue weighted by Gasteiger charge is 2.38. The Kier molecular flexibility index (Phi) is 6.11. The summed E-state index contributed by atoms with van der Waals surface area (Å²) < 4.78 is 87.2. The largest absolute Gasteiger partial charge is 0.434 e. The Hall–Kier alpha value is -2.33. The minimum atomic E-state index is -4.95. The molecule has 2 aromatic heterocycles. The van der Waals surface area contributed by atoms with Gasteiger partial charge in [-0.25, -0.2) is 17.7 Å². The predicted octanol–water partition coefficient (Wildman–Crippen LogP) is 5.96. The quantitative estimate of drug-likeness (QED) is 0.438. The number of nitrogens with one attached hydrogen (secondary N) is 1. The summed E-state index contributed by atoms with van der Waals surface area (Å²) in [7, 11) is -1.21. The molecule has 10 heteroatoms. The zero-order valence-electron chi connectivity index (χ0n) is 18.4. The van der Waals surface area contributed by atoms with E-state index in [1.807, 2.05) is 25.3 Å². The van der Waals surface area contributed by atoms with Crippen molar-refractivity contribution in [2.45, 2.75) is 58.1 Å². The van der Waals surface area contributed by atoms with Crippen molar-refractivity contribution in [1.82, 2.24) is 14.3 Å². The Bertz CT molecular complexity index is 1230. The van der Waals surface area contributed by atoms with Gasteiger partial charge >= 0.3 is 6.18 Å². The number of halogens is 5. The fraction of sp³-hybridized carbons (Fsp3) is 0.435. The number of hydrogen-bond donors (Lipinski definition) is 1. The highest BCUT2D eigenvalue weighted by atomic mass is 32.2. The minimum Gasteiger partial charge on any atom is -0.347 e. The van der Waals surface area contributed by atoms with Gasteiger partial charge < -0.3 is 4.57 Å². The van der Waals surface area contributed by atoms with Gasteiger partial charge in [0.05, 0.1) is 16.5 Å². The second-order valence-electron chi connectivity index (χ2n) is 9.52. The topological polar surface area (TPSA) is 46.9 Å². The third-order valence-corrected chi connectivity index (χ3v) is 6.87. The van der Waals surface area contributed by atoms with E-state index >= 15 is 4.39 Å². The van der Waals surface area contributed by atoms with E-state index in [1.165, 1.54) is 6.07 Å². The molecule has 1 unspecified atom stereocenters. The maximum atomic E-state index is 15.2. The van der Waals surface area contributed by atoms with E-state index in [-0.39, 0.29) is 17.2 Å². The summed E-state index contributed by atoms with van der Waals surface area (Å²) in [5, 5.41) is 0.587. The molecule has 0 aliphatic heterocycles. The van der Waals surface area contributed by atoms with E-state index in [0.29, 0.717) is 29.2 Å². The normalized spacial score (nSPS) is 15.9. The zero-order chi connectivity index (χ0) is 24.1. The fourth-order valence-electron chi connectivity index (χ4n) is 3.82. The molecule has 0 radical (unpaired) electrons. The number of pyridine rings is 1. The van der Waals surface area contributed by atoms with Gasteiger partial charge in [0.1, 0.15) is 11.6 Å². The Balaban J connectivity index is 1.87. The summed E-state index contributed by atoms with van der Waals surface area (Å²) in [5.41, 5.74) is -1.96. The van der Waals surface area contributed by atoms with Crippen molar-refractivity contribution < 1.29 is 26.2 Å². The molecule has 1 aromatic carbocycles. The number of rotatable bonds is 6. The highest BCUT2D eigenvalue weighted by Crippen LogP contribution is 2.40. The van der Waals surface area contributed by atoms with Gasteiger partial charge in [-0.05, 0) is 42.0 Å². The Morgan fingerprint density at radius 3 is 2.45 bits per heavy atom. The molecule has 1 N–H and O–H groups in total. The van der Waals surface area contributed by atoms with Crippen molar-refractivity contribution in [2.75, 3.05) is 0 Å². The highest BCUT2D eigenvalue weighted by molar-refractivity contribution is 7.83. The second kappa shape index (κ2) is 8.47. The number of nitrogens with zero attached hydrogens (tertiary/aromatic N) is 2. The van der Waals surface area contributed by atoms with Crippen LogP contribution in [0.2, 0.25) is 0 Å². The van der Waals surface area contributed by atoms with Gasteiger partial charge in [0.25, 0.3) is 0 Å². The van der Waals surface area contributed by atoms with Crippen LogP contribution in [0.3, 0.4) is 0 Å². The van der Waals surface area contributed by atoms with Gasteiger partial charge in [0.15, 0.2) is 5.69 Å². The summed E-state index contributed by atoms with van der Waals surface area (Å²) in [5.74, 6) is -2.19. The summed E-state index contributed by atoms with van der Waals surface area (Å²) in [4.78, 5) is 3.28. The molecule has 0 saturated heterocycles. The molecule has 0 amide bonds. The first kappa shape index (κ1) is 23.8. The average Bonchev–Trinajstić information content (AvgIpc) is 3.49. The summed E-state index contributed by atoms with van der Waals surface area (Å²) in [6.07, 6.45) is -0.679. The molecule has 0 bridgehead atoms. The second-order valence-corrected chi connectivity index (χ2v) is 11.1. The van der Waals surface area contributed by atoms with E-state index in [4.69, 9.17) is 0 Å². The standard InChI is InChI=1S/C23H24F5N3OS/c1-22(2,3)12-31-11-13(10-30-33(32)14-4-5-14)15-8-18(25)16(9-19(15)31)20-17(24)6-7-29-21(20)23(26,27)28/h6-9,11,14,30H,4-5,10,12H2,1-3H3. The van der Waals surface area contributed by atoms with Crippen molar-refractivity contribution in [2.24, 2.45) is 5.41 Å². The lowest BCUT2D eigenvalue weighted by atomic mass is 9.96. The third kappa shape index (κ3) is 5.11. The van der Waals surface area contributed by atoms with Crippen molar-refractivity contribution in [1.29, 1.82) is 0 Å². The van der Waals surface area contributed by atoms with Gasteiger partial charge in [0, 0.05) is 47.2 Å². The first-order valence-corrected chi connectivity index (χ1v) is 11.7.